The van der Waals surface area contributed by atoms with Gasteiger partial charge in [0.2, 0.25) is 0 Å². The maximum Gasteiger partial charge on any atom is 0.135 e. The van der Waals surface area contributed by atoms with Crippen molar-refractivity contribution in [2.75, 3.05) is 31.1 Å². The number of aromatic nitrogens is 4. The highest BCUT2D eigenvalue weighted by Gasteiger charge is 2.23. The molecule has 0 saturated carbocycles. The van der Waals surface area contributed by atoms with E-state index in [1.54, 1.807) is 4.68 Å². The summed E-state index contributed by atoms with van der Waals surface area (Å²) >= 11 is 6.38. The Bertz CT molecular complexity index is 746. The predicted molar refractivity (Wildman–Crippen MR) is 101 cm³/mol. The molecule has 25 heavy (non-hydrogen) atoms. The van der Waals surface area contributed by atoms with Gasteiger partial charge in [-0.3, -0.25) is 9.58 Å². The lowest BCUT2D eigenvalue weighted by Gasteiger charge is -2.36. The molecule has 1 aliphatic heterocycles. The maximum atomic E-state index is 6.38. The molecule has 3 rings (SSSR count). The first-order valence-corrected chi connectivity index (χ1v) is 9.23. The molecule has 0 spiro atoms. The van der Waals surface area contributed by atoms with Gasteiger partial charge in [0, 0.05) is 57.1 Å². The van der Waals surface area contributed by atoms with Crippen LogP contribution >= 0.6 is 11.6 Å². The van der Waals surface area contributed by atoms with Crippen LogP contribution in [-0.4, -0.2) is 50.8 Å². The molecule has 0 aromatic carbocycles. The highest BCUT2D eigenvalue weighted by molar-refractivity contribution is 6.30. The van der Waals surface area contributed by atoms with Crippen LogP contribution in [0.1, 0.15) is 42.4 Å². The number of hydrogen-bond donors (Lipinski definition) is 0. The second-order valence-corrected chi connectivity index (χ2v) is 7.45. The van der Waals surface area contributed by atoms with E-state index < -0.39 is 0 Å². The van der Waals surface area contributed by atoms with Crippen molar-refractivity contribution in [2.45, 2.75) is 40.2 Å². The number of hydrogen-bond acceptors (Lipinski definition) is 5. The van der Waals surface area contributed by atoms with Gasteiger partial charge in [0.05, 0.1) is 5.69 Å². The van der Waals surface area contributed by atoms with Crippen LogP contribution in [0.2, 0.25) is 5.15 Å². The summed E-state index contributed by atoms with van der Waals surface area (Å²) in [4.78, 5) is 13.9. The molecule has 136 valence electrons. The second kappa shape index (κ2) is 7.30. The molecule has 1 saturated heterocycles. The molecule has 1 aliphatic rings. The van der Waals surface area contributed by atoms with Gasteiger partial charge >= 0.3 is 0 Å². The van der Waals surface area contributed by atoms with E-state index in [0.717, 1.165) is 60.8 Å². The fraction of sp³-hybridized carbons (Fsp3) is 0.611. The lowest BCUT2D eigenvalue weighted by molar-refractivity contribution is 0.248. The molecule has 0 bridgehead atoms. The molecule has 0 aliphatic carbocycles. The third-order valence-corrected chi connectivity index (χ3v) is 5.33. The number of aryl methyl sites for hydroxylation is 3. The van der Waals surface area contributed by atoms with E-state index in [9.17, 15) is 0 Å². The van der Waals surface area contributed by atoms with Crippen LogP contribution in [0.15, 0.2) is 6.20 Å². The largest absolute Gasteiger partial charge is 0.354 e. The van der Waals surface area contributed by atoms with Crippen molar-refractivity contribution >= 4 is 17.4 Å². The van der Waals surface area contributed by atoms with Crippen molar-refractivity contribution in [1.29, 1.82) is 0 Å². The van der Waals surface area contributed by atoms with Crippen molar-refractivity contribution in [3.63, 3.8) is 0 Å². The van der Waals surface area contributed by atoms with Crippen LogP contribution in [0, 0.1) is 13.8 Å². The normalized spacial score (nSPS) is 16.0. The lowest BCUT2D eigenvalue weighted by Crippen LogP contribution is -2.46. The average molecular weight is 363 g/mol. The summed E-state index contributed by atoms with van der Waals surface area (Å²) in [6.45, 7) is 13.1. The molecule has 2 aromatic rings. The number of anilines is 1. The molecule has 3 heterocycles. The average Bonchev–Trinajstić information content (AvgIpc) is 2.81. The van der Waals surface area contributed by atoms with E-state index in [1.807, 2.05) is 27.1 Å². The van der Waals surface area contributed by atoms with Crippen molar-refractivity contribution < 1.29 is 0 Å². The summed E-state index contributed by atoms with van der Waals surface area (Å²) in [5.41, 5.74) is 3.38. The topological polar surface area (TPSA) is 50.1 Å². The highest BCUT2D eigenvalue weighted by Crippen LogP contribution is 2.27. The smallest absolute Gasteiger partial charge is 0.135 e. The monoisotopic (exact) mass is 362 g/mol. The van der Waals surface area contributed by atoms with Gasteiger partial charge in [-0.25, -0.2) is 9.97 Å². The first-order valence-electron chi connectivity index (χ1n) is 8.85. The number of nitrogens with zero attached hydrogens (tertiary/aromatic N) is 6. The fourth-order valence-corrected chi connectivity index (χ4v) is 3.56. The summed E-state index contributed by atoms with van der Waals surface area (Å²) in [7, 11) is 1.89. The molecule has 0 radical (unpaired) electrons. The zero-order valence-corrected chi connectivity index (χ0v) is 16.5. The Morgan fingerprint density at radius 2 is 1.84 bits per heavy atom. The second-order valence-electron chi connectivity index (χ2n) is 7.09. The number of halogens is 1. The minimum Gasteiger partial charge on any atom is -0.354 e. The quantitative estimate of drug-likeness (QED) is 0.837. The van der Waals surface area contributed by atoms with Gasteiger partial charge in [-0.1, -0.05) is 25.4 Å². The molecule has 7 heteroatoms. The van der Waals surface area contributed by atoms with E-state index in [1.165, 1.54) is 5.56 Å². The lowest BCUT2D eigenvalue weighted by atomic mass is 10.1. The molecular formula is C18H27ClN6. The van der Waals surface area contributed by atoms with Crippen molar-refractivity contribution in [3.8, 4) is 0 Å². The van der Waals surface area contributed by atoms with Crippen LogP contribution < -0.4 is 4.90 Å². The van der Waals surface area contributed by atoms with Gasteiger partial charge in [0.15, 0.2) is 0 Å². The minimum atomic E-state index is 0.422. The van der Waals surface area contributed by atoms with E-state index in [-0.39, 0.29) is 0 Å². The Morgan fingerprint density at radius 1 is 1.16 bits per heavy atom. The van der Waals surface area contributed by atoms with Gasteiger partial charge in [0.1, 0.15) is 16.8 Å². The van der Waals surface area contributed by atoms with E-state index in [4.69, 9.17) is 16.6 Å². The summed E-state index contributed by atoms with van der Waals surface area (Å²) in [6.07, 6.45) is 1.98. The Hall–Kier alpha value is -1.66. The summed E-state index contributed by atoms with van der Waals surface area (Å²) < 4.78 is 1.75. The Labute approximate surface area is 154 Å². The molecule has 1 fully saturated rings. The molecule has 0 amide bonds. The Balaban J connectivity index is 1.69. The molecule has 2 aromatic heterocycles. The van der Waals surface area contributed by atoms with Gasteiger partial charge in [0.25, 0.3) is 0 Å². The summed E-state index contributed by atoms with van der Waals surface area (Å²) in [5.74, 6) is 2.35. The molecule has 0 unspecified atom stereocenters. The third kappa shape index (κ3) is 3.80. The van der Waals surface area contributed by atoms with Crippen molar-refractivity contribution in [3.05, 3.63) is 34.0 Å². The van der Waals surface area contributed by atoms with E-state index in [0.29, 0.717) is 5.92 Å². The zero-order valence-electron chi connectivity index (χ0n) is 15.8. The Morgan fingerprint density at radius 3 is 2.40 bits per heavy atom. The first-order chi connectivity index (χ1) is 11.9. The van der Waals surface area contributed by atoms with Gasteiger partial charge in [-0.15, -0.1) is 0 Å². The minimum absolute atomic E-state index is 0.422. The van der Waals surface area contributed by atoms with Crippen molar-refractivity contribution in [2.24, 2.45) is 7.05 Å². The van der Waals surface area contributed by atoms with Crippen LogP contribution in [0.4, 0.5) is 5.82 Å². The van der Waals surface area contributed by atoms with Crippen LogP contribution in [0.3, 0.4) is 0 Å². The molecule has 0 atom stereocenters. The van der Waals surface area contributed by atoms with Gasteiger partial charge < -0.3 is 4.90 Å². The fourth-order valence-electron chi connectivity index (χ4n) is 3.32. The van der Waals surface area contributed by atoms with Crippen molar-refractivity contribution in [1.82, 2.24) is 24.6 Å². The number of rotatable bonds is 4. The predicted octanol–water partition coefficient (Wildman–Crippen LogP) is 2.93. The summed E-state index contributed by atoms with van der Waals surface area (Å²) in [6, 6.07) is 0. The molecular weight excluding hydrogens is 336 g/mol. The maximum absolute atomic E-state index is 6.38. The number of piperazine rings is 1. The molecule has 6 nitrogen and oxygen atoms in total. The standard InChI is InChI=1S/C18H27ClN6/c1-12(2)15-10-20-14(4)21-18(15)25-8-6-24(7-9-25)11-16-13(3)22-23(5)17(16)19/h10,12H,6-9,11H2,1-5H3. The van der Waals surface area contributed by atoms with Crippen LogP contribution in [-0.2, 0) is 13.6 Å². The van der Waals surface area contributed by atoms with Crippen LogP contribution in [0.5, 0.6) is 0 Å². The first kappa shape index (κ1) is 18.1. The summed E-state index contributed by atoms with van der Waals surface area (Å²) in [5, 5.41) is 5.15. The third-order valence-electron chi connectivity index (χ3n) is 4.86. The zero-order chi connectivity index (χ0) is 18.1. The van der Waals surface area contributed by atoms with Gasteiger partial charge in [-0.05, 0) is 19.8 Å². The van der Waals surface area contributed by atoms with Crippen LogP contribution in [0.25, 0.3) is 0 Å². The molecule has 0 N–H and O–H groups in total. The SMILES string of the molecule is Cc1ncc(C(C)C)c(N2CCN(Cc3c(C)nn(C)c3Cl)CC2)n1. The highest BCUT2D eigenvalue weighted by atomic mass is 35.5. The van der Waals surface area contributed by atoms with Gasteiger partial charge in [-0.2, -0.15) is 5.10 Å². The van der Waals surface area contributed by atoms with E-state index >= 15 is 0 Å². The van der Waals surface area contributed by atoms with E-state index in [2.05, 4.69) is 33.7 Å². The Kier molecular flexibility index (Phi) is 5.29.